The fraction of sp³-hybridized carbons (Fsp3) is 0.273. The van der Waals surface area contributed by atoms with E-state index < -0.39 is 6.17 Å². The quantitative estimate of drug-likeness (QED) is 0.504. The summed E-state index contributed by atoms with van der Waals surface area (Å²) >= 11 is 1.34. The minimum atomic E-state index is -0.645. The molecule has 1 amide bonds. The van der Waals surface area contributed by atoms with Crippen LogP contribution in [0.3, 0.4) is 0 Å². The van der Waals surface area contributed by atoms with Gasteiger partial charge in [0, 0.05) is 12.0 Å². The van der Waals surface area contributed by atoms with Crippen LogP contribution in [0.4, 0.5) is 5.69 Å². The molecule has 0 aliphatic carbocycles. The molecule has 1 aliphatic rings. The van der Waals surface area contributed by atoms with Crippen LogP contribution in [0.2, 0.25) is 0 Å². The zero-order chi connectivity index (χ0) is 21.3. The molecule has 3 aromatic rings. The molecule has 30 heavy (non-hydrogen) atoms. The number of para-hydroxylation sites is 2. The number of ether oxygens (including phenoxy) is 1. The van der Waals surface area contributed by atoms with Crippen molar-refractivity contribution in [1.82, 2.24) is 10.1 Å². The summed E-state index contributed by atoms with van der Waals surface area (Å²) in [6.45, 7) is 4.11. The summed E-state index contributed by atoms with van der Waals surface area (Å²) in [5.41, 5.74) is 2.27. The summed E-state index contributed by atoms with van der Waals surface area (Å²) in [5.74, 6) is 0.518. The number of hydrogen-bond donors (Lipinski definition) is 1. The van der Waals surface area contributed by atoms with Gasteiger partial charge in [0.15, 0.2) is 0 Å². The fourth-order valence-electron chi connectivity index (χ4n) is 3.72. The van der Waals surface area contributed by atoms with Gasteiger partial charge in [-0.2, -0.15) is 0 Å². The summed E-state index contributed by atoms with van der Waals surface area (Å²) < 4.78 is 7.63. The maximum Gasteiger partial charge on any atom is 0.325 e. The van der Waals surface area contributed by atoms with Gasteiger partial charge in [-0.05, 0) is 41.6 Å². The number of nitrogens with one attached hydrogen (secondary N) is 1. The van der Waals surface area contributed by atoms with Crippen molar-refractivity contribution in [3.63, 3.8) is 0 Å². The minimum absolute atomic E-state index is 0.149. The highest BCUT2D eigenvalue weighted by atomic mass is 32.2. The van der Waals surface area contributed by atoms with Crippen molar-refractivity contribution in [3.8, 4) is 17.0 Å². The number of H-pyrrole nitrogens is 1. The monoisotopic (exact) mass is 423 g/mol. The van der Waals surface area contributed by atoms with Crippen molar-refractivity contribution in [1.29, 1.82) is 0 Å². The summed E-state index contributed by atoms with van der Waals surface area (Å²) in [5, 5.41) is 5.15. The molecule has 0 spiro atoms. The van der Waals surface area contributed by atoms with Gasteiger partial charge in [0.05, 0.1) is 23.4 Å². The molecule has 1 aliphatic heterocycles. The SMILES string of the molecule is CCCOc1ccccc1C1N(C(C)=O)c2ccccc2-c2c(=O)[nH]c(SC)n[n+]21. The Bertz CT molecular complexity index is 1160. The van der Waals surface area contributed by atoms with Gasteiger partial charge in [0.2, 0.25) is 11.1 Å². The zero-order valence-corrected chi connectivity index (χ0v) is 17.9. The number of hydrogen-bond acceptors (Lipinski definition) is 5. The molecule has 1 aromatic heterocycles. The van der Waals surface area contributed by atoms with Crippen LogP contribution in [-0.2, 0) is 4.79 Å². The topological polar surface area (TPSA) is 79.2 Å². The molecule has 154 valence electrons. The first-order chi connectivity index (χ1) is 14.6. The molecule has 0 saturated carbocycles. The molecule has 1 unspecified atom stereocenters. The molecule has 0 radical (unpaired) electrons. The predicted molar refractivity (Wildman–Crippen MR) is 116 cm³/mol. The molecule has 4 rings (SSSR count). The van der Waals surface area contributed by atoms with Crippen LogP contribution >= 0.6 is 11.8 Å². The number of nitrogens with zero attached hydrogens (tertiary/aromatic N) is 3. The van der Waals surface area contributed by atoms with E-state index >= 15 is 0 Å². The smallest absolute Gasteiger partial charge is 0.325 e. The number of fused-ring (bicyclic) bond motifs is 3. The number of thioether (sulfide) groups is 1. The molecule has 7 nitrogen and oxygen atoms in total. The first-order valence-corrected chi connectivity index (χ1v) is 11.0. The Labute approximate surface area is 178 Å². The number of carbonyl (C=O) groups excluding carboxylic acids is 1. The number of carbonyl (C=O) groups is 1. The molecule has 2 heterocycles. The lowest BCUT2D eigenvalue weighted by atomic mass is 10.0. The third-order valence-electron chi connectivity index (χ3n) is 4.95. The highest BCUT2D eigenvalue weighted by molar-refractivity contribution is 7.98. The molecule has 0 fully saturated rings. The molecular weight excluding hydrogens is 400 g/mol. The van der Waals surface area contributed by atoms with E-state index in [0.717, 1.165) is 12.0 Å². The average Bonchev–Trinajstić information content (AvgIpc) is 2.76. The molecule has 0 bridgehead atoms. The maximum absolute atomic E-state index is 13.1. The maximum atomic E-state index is 13.1. The van der Waals surface area contributed by atoms with Crippen LogP contribution in [0.15, 0.2) is 58.5 Å². The highest BCUT2D eigenvalue weighted by Gasteiger charge is 2.45. The highest BCUT2D eigenvalue weighted by Crippen LogP contribution is 2.39. The van der Waals surface area contributed by atoms with Gasteiger partial charge in [0.25, 0.3) is 6.17 Å². The standard InChI is InChI=1S/C22H22N4O3S/c1-4-13-29-18-12-8-6-10-16(18)21-25(14(2)27)17-11-7-5-9-15(17)19-20(28)23-22(30-3)24-26(19)21/h5-12,21H,4,13H2,1-3H3/p+1. The molecular formula is C22H23N4O3S+. The van der Waals surface area contributed by atoms with E-state index in [2.05, 4.69) is 10.1 Å². The largest absolute Gasteiger partial charge is 0.493 e. The first kappa shape index (κ1) is 20.2. The van der Waals surface area contributed by atoms with Crippen molar-refractivity contribution in [2.24, 2.45) is 0 Å². The number of benzene rings is 2. The number of aromatic nitrogens is 3. The Balaban J connectivity index is 2.05. The number of anilines is 1. The van der Waals surface area contributed by atoms with Crippen molar-refractivity contribution in [2.45, 2.75) is 31.6 Å². The van der Waals surface area contributed by atoms with Crippen LogP contribution in [0, 0.1) is 0 Å². The van der Waals surface area contributed by atoms with E-state index in [0.29, 0.717) is 34.5 Å². The Morgan fingerprint density at radius 2 is 1.97 bits per heavy atom. The van der Waals surface area contributed by atoms with Crippen LogP contribution in [0.1, 0.15) is 32.0 Å². The van der Waals surface area contributed by atoms with Gasteiger partial charge in [0.1, 0.15) is 5.75 Å². The molecule has 1 N–H and O–H groups in total. The summed E-state index contributed by atoms with van der Waals surface area (Å²) in [4.78, 5) is 30.4. The third kappa shape index (κ3) is 3.37. The molecule has 1 atom stereocenters. The lowest BCUT2D eigenvalue weighted by Gasteiger charge is -2.31. The normalized spacial score (nSPS) is 14.8. The number of rotatable bonds is 5. The van der Waals surface area contributed by atoms with Gasteiger partial charge in [-0.15, -0.1) is 0 Å². The fourth-order valence-corrected chi connectivity index (χ4v) is 4.09. The van der Waals surface area contributed by atoms with Crippen molar-refractivity contribution in [2.75, 3.05) is 17.8 Å². The summed E-state index contributed by atoms with van der Waals surface area (Å²) in [6, 6.07) is 15.0. The summed E-state index contributed by atoms with van der Waals surface area (Å²) in [6.07, 6.45) is 2.06. The van der Waals surface area contributed by atoms with E-state index in [1.165, 1.54) is 18.7 Å². The van der Waals surface area contributed by atoms with Crippen LogP contribution < -0.4 is 19.9 Å². The Morgan fingerprint density at radius 1 is 1.23 bits per heavy atom. The van der Waals surface area contributed by atoms with Crippen LogP contribution in [0.25, 0.3) is 11.3 Å². The number of aromatic amines is 1. The second-order valence-electron chi connectivity index (χ2n) is 6.92. The van der Waals surface area contributed by atoms with Gasteiger partial charge in [-0.1, -0.05) is 43.0 Å². The van der Waals surface area contributed by atoms with Gasteiger partial charge in [-0.25, -0.2) is 4.90 Å². The minimum Gasteiger partial charge on any atom is -0.493 e. The second-order valence-corrected chi connectivity index (χ2v) is 7.72. The average molecular weight is 424 g/mol. The van der Waals surface area contributed by atoms with Crippen molar-refractivity contribution in [3.05, 3.63) is 64.4 Å². The van der Waals surface area contributed by atoms with E-state index in [1.54, 1.807) is 9.58 Å². The van der Waals surface area contributed by atoms with Gasteiger partial charge in [-0.3, -0.25) is 14.6 Å². The van der Waals surface area contributed by atoms with E-state index in [1.807, 2.05) is 61.7 Å². The molecule has 0 saturated heterocycles. The Hall–Kier alpha value is -3.13. The lowest BCUT2D eigenvalue weighted by molar-refractivity contribution is -0.763. The lowest BCUT2D eigenvalue weighted by Crippen LogP contribution is -2.60. The Kier molecular flexibility index (Phi) is 5.59. The Morgan fingerprint density at radius 3 is 2.70 bits per heavy atom. The second kappa shape index (κ2) is 8.31. The first-order valence-electron chi connectivity index (χ1n) is 9.77. The van der Waals surface area contributed by atoms with Gasteiger partial charge >= 0.3 is 11.3 Å². The van der Waals surface area contributed by atoms with E-state index in [4.69, 9.17) is 4.74 Å². The zero-order valence-electron chi connectivity index (χ0n) is 17.1. The predicted octanol–water partition coefficient (Wildman–Crippen LogP) is 3.15. The van der Waals surface area contributed by atoms with E-state index in [-0.39, 0.29) is 11.5 Å². The van der Waals surface area contributed by atoms with Crippen molar-refractivity contribution < 1.29 is 14.2 Å². The molecule has 8 heteroatoms. The van der Waals surface area contributed by atoms with Crippen molar-refractivity contribution >= 4 is 23.4 Å². The number of amides is 1. The van der Waals surface area contributed by atoms with Crippen LogP contribution in [-0.4, -0.2) is 28.9 Å². The van der Waals surface area contributed by atoms with Gasteiger partial charge < -0.3 is 4.74 Å². The van der Waals surface area contributed by atoms with Crippen LogP contribution in [0.5, 0.6) is 5.75 Å². The third-order valence-corrected chi connectivity index (χ3v) is 5.52. The summed E-state index contributed by atoms with van der Waals surface area (Å²) in [7, 11) is 0. The van der Waals surface area contributed by atoms with E-state index in [9.17, 15) is 9.59 Å². The molecule has 2 aromatic carbocycles.